The first-order valence-electron chi connectivity index (χ1n) is 9.83. The highest BCUT2D eigenvalue weighted by Crippen LogP contribution is 2.20. The third-order valence-corrected chi connectivity index (χ3v) is 4.92. The molecule has 0 saturated heterocycles. The second kappa shape index (κ2) is 9.97. The van der Waals surface area contributed by atoms with Gasteiger partial charge in [0.05, 0.1) is 26.0 Å². The van der Waals surface area contributed by atoms with Crippen LogP contribution in [0.25, 0.3) is 11.3 Å². The first-order chi connectivity index (χ1) is 16.1. The lowest BCUT2D eigenvalue weighted by molar-refractivity contribution is 0.0716. The van der Waals surface area contributed by atoms with Crippen LogP contribution in [0.1, 0.15) is 15.9 Å². The molecule has 0 saturated carbocycles. The van der Waals surface area contributed by atoms with Crippen LogP contribution in [-0.4, -0.2) is 41.2 Å². The van der Waals surface area contributed by atoms with E-state index in [1.54, 1.807) is 81.1 Å². The molecule has 0 bridgehead atoms. The molecule has 1 aromatic heterocycles. The normalized spacial score (nSPS) is 11.2. The number of carbonyl (C=O) groups is 1. The highest BCUT2D eigenvalue weighted by Gasteiger charge is 2.15. The van der Waals surface area contributed by atoms with Gasteiger partial charge in [0.15, 0.2) is 0 Å². The van der Waals surface area contributed by atoms with Crippen LogP contribution in [0.4, 0.5) is 0 Å². The van der Waals surface area contributed by atoms with Gasteiger partial charge in [0, 0.05) is 16.1 Å². The van der Waals surface area contributed by atoms with E-state index >= 15 is 0 Å². The van der Waals surface area contributed by atoms with Crippen molar-refractivity contribution in [1.29, 1.82) is 0 Å². The fraction of sp³-hybridized carbons (Fsp3) is 0.0833. The molecule has 0 unspecified atom stereocenters. The monoisotopic (exact) mass is 462 g/mol. The van der Waals surface area contributed by atoms with Gasteiger partial charge in [-0.15, -0.1) is 15.0 Å². The molecule has 166 valence electrons. The smallest absolute Gasteiger partial charge is 0.344 e. The molecule has 0 aliphatic carbocycles. The number of aromatic nitrogens is 3. The summed E-state index contributed by atoms with van der Waals surface area (Å²) in [5.41, 5.74) is 2.31. The number of nitrogens with zero attached hydrogens (tertiary/aromatic N) is 4. The summed E-state index contributed by atoms with van der Waals surface area (Å²) >= 11 is 5.95. The summed E-state index contributed by atoms with van der Waals surface area (Å²) in [6, 6.07) is 20.7. The number of benzene rings is 3. The number of esters is 1. The third kappa shape index (κ3) is 5.36. The summed E-state index contributed by atoms with van der Waals surface area (Å²) in [4.78, 5) is 14.0. The average molecular weight is 463 g/mol. The number of hydrogen-bond acceptors (Lipinski definition) is 7. The molecular formula is C24H19ClN4O4. The van der Waals surface area contributed by atoms with Crippen LogP contribution in [-0.2, 0) is 4.74 Å². The van der Waals surface area contributed by atoms with Crippen molar-refractivity contribution >= 4 is 23.5 Å². The molecule has 33 heavy (non-hydrogen) atoms. The summed E-state index contributed by atoms with van der Waals surface area (Å²) in [5.74, 6) is 0.759. The van der Waals surface area contributed by atoms with Crippen molar-refractivity contribution in [3.8, 4) is 22.8 Å². The molecule has 0 N–H and O–H groups in total. The summed E-state index contributed by atoms with van der Waals surface area (Å²) in [6.07, 6.45) is 1.62. The van der Waals surface area contributed by atoms with E-state index in [0.717, 1.165) is 5.56 Å². The van der Waals surface area contributed by atoms with Crippen molar-refractivity contribution in [2.75, 3.05) is 14.2 Å². The van der Waals surface area contributed by atoms with E-state index in [9.17, 15) is 4.79 Å². The number of methoxy groups -OCH3 is 2. The molecule has 0 radical (unpaired) electrons. The van der Waals surface area contributed by atoms with E-state index < -0.39 is 5.97 Å². The number of ether oxygens (including phenoxy) is 3. The van der Waals surface area contributed by atoms with Crippen molar-refractivity contribution < 1.29 is 19.0 Å². The van der Waals surface area contributed by atoms with Crippen LogP contribution in [0.3, 0.4) is 0 Å². The first-order valence-corrected chi connectivity index (χ1v) is 10.2. The molecule has 0 aliphatic rings. The van der Waals surface area contributed by atoms with Crippen molar-refractivity contribution in [2.24, 2.45) is 5.10 Å². The predicted molar refractivity (Wildman–Crippen MR) is 124 cm³/mol. The lowest BCUT2D eigenvalue weighted by Crippen LogP contribution is -2.15. The highest BCUT2D eigenvalue weighted by atomic mass is 35.5. The molecule has 0 spiro atoms. The van der Waals surface area contributed by atoms with Gasteiger partial charge in [-0.1, -0.05) is 23.7 Å². The maximum atomic E-state index is 12.8. The van der Waals surface area contributed by atoms with E-state index in [1.165, 1.54) is 4.79 Å². The Balaban J connectivity index is 1.65. The van der Waals surface area contributed by atoms with Gasteiger partial charge in [0.2, 0.25) is 5.90 Å². The van der Waals surface area contributed by atoms with E-state index in [1.807, 2.05) is 12.1 Å². The molecular weight excluding hydrogens is 444 g/mol. The minimum absolute atomic E-state index is 0.0472. The molecule has 0 atom stereocenters. The molecule has 1 heterocycles. The van der Waals surface area contributed by atoms with Crippen molar-refractivity contribution in [2.45, 2.75) is 0 Å². The fourth-order valence-electron chi connectivity index (χ4n) is 2.89. The van der Waals surface area contributed by atoms with E-state index in [0.29, 0.717) is 33.3 Å². The average Bonchev–Trinajstić information content (AvgIpc) is 3.32. The highest BCUT2D eigenvalue weighted by molar-refractivity contribution is 6.30. The standard InChI is InChI=1S/C24H19ClN4O4/c1-31-20-11-5-17(6-12-20)23(33-24(30)18-7-13-21(32-2)14-8-18)27-29-15-22(26-28-29)16-3-9-19(25)10-4-16/h3-15H,1-2H3/b27-23+. The zero-order chi connectivity index (χ0) is 23.2. The van der Waals surface area contributed by atoms with Crippen LogP contribution >= 0.6 is 11.6 Å². The molecule has 0 aliphatic heterocycles. The lowest BCUT2D eigenvalue weighted by atomic mass is 10.2. The molecule has 9 heteroatoms. The van der Waals surface area contributed by atoms with Gasteiger partial charge < -0.3 is 14.2 Å². The minimum atomic E-state index is -0.578. The van der Waals surface area contributed by atoms with Gasteiger partial charge in [-0.2, -0.15) is 0 Å². The summed E-state index contributed by atoms with van der Waals surface area (Å²) in [5, 5.41) is 13.2. The third-order valence-electron chi connectivity index (χ3n) is 4.67. The van der Waals surface area contributed by atoms with Crippen molar-refractivity contribution in [1.82, 2.24) is 15.1 Å². The van der Waals surface area contributed by atoms with Crippen LogP contribution in [0.2, 0.25) is 5.02 Å². The van der Waals surface area contributed by atoms with E-state index in [2.05, 4.69) is 15.4 Å². The Kier molecular flexibility index (Phi) is 6.66. The maximum absolute atomic E-state index is 12.8. The number of rotatable bonds is 6. The van der Waals surface area contributed by atoms with Gasteiger partial charge in [0.1, 0.15) is 17.2 Å². The Bertz CT molecular complexity index is 1270. The summed E-state index contributed by atoms with van der Waals surface area (Å²) in [6.45, 7) is 0. The zero-order valence-electron chi connectivity index (χ0n) is 17.8. The first kappa shape index (κ1) is 22.0. The molecule has 0 fully saturated rings. The molecule has 3 aromatic carbocycles. The number of carbonyl (C=O) groups excluding carboxylic acids is 1. The lowest BCUT2D eigenvalue weighted by Gasteiger charge is -2.09. The Morgan fingerprint density at radius 3 is 2.00 bits per heavy atom. The Morgan fingerprint density at radius 2 is 1.42 bits per heavy atom. The summed E-state index contributed by atoms with van der Waals surface area (Å²) < 4.78 is 16.0. The van der Waals surface area contributed by atoms with Gasteiger partial charge in [-0.25, -0.2) is 4.79 Å². The molecule has 0 amide bonds. The van der Waals surface area contributed by atoms with Crippen LogP contribution in [0.15, 0.2) is 84.1 Å². The Hall–Kier alpha value is -4.17. The van der Waals surface area contributed by atoms with Gasteiger partial charge in [0.25, 0.3) is 0 Å². The zero-order valence-corrected chi connectivity index (χ0v) is 18.6. The Labute approximate surface area is 195 Å². The number of hydrogen-bond donors (Lipinski definition) is 0. The maximum Gasteiger partial charge on any atom is 0.344 e. The quantitative estimate of drug-likeness (QED) is 0.235. The van der Waals surface area contributed by atoms with Crippen molar-refractivity contribution in [3.05, 3.63) is 95.1 Å². The topological polar surface area (TPSA) is 87.8 Å². The van der Waals surface area contributed by atoms with E-state index in [-0.39, 0.29) is 5.90 Å². The largest absolute Gasteiger partial charge is 0.497 e. The molecule has 4 aromatic rings. The predicted octanol–water partition coefficient (Wildman–Crippen LogP) is 4.68. The summed E-state index contributed by atoms with van der Waals surface area (Å²) in [7, 11) is 3.12. The van der Waals surface area contributed by atoms with Gasteiger partial charge in [-0.3, -0.25) is 0 Å². The minimum Gasteiger partial charge on any atom is -0.497 e. The van der Waals surface area contributed by atoms with Crippen LogP contribution < -0.4 is 9.47 Å². The second-order valence-corrected chi connectivity index (χ2v) is 7.22. The number of halogens is 1. The molecule has 8 nitrogen and oxygen atoms in total. The SMILES string of the molecule is COc1ccc(C(=O)O/C(=N/n2cc(-c3ccc(Cl)cc3)nn2)c2ccc(OC)cc2)cc1. The second-order valence-electron chi connectivity index (χ2n) is 6.78. The fourth-order valence-corrected chi connectivity index (χ4v) is 3.02. The molecule has 4 rings (SSSR count). The van der Waals surface area contributed by atoms with E-state index in [4.69, 9.17) is 25.8 Å². The van der Waals surface area contributed by atoms with Crippen LogP contribution in [0.5, 0.6) is 11.5 Å². The van der Waals surface area contributed by atoms with Crippen molar-refractivity contribution in [3.63, 3.8) is 0 Å². The van der Waals surface area contributed by atoms with Gasteiger partial charge in [-0.05, 0) is 65.9 Å². The van der Waals surface area contributed by atoms with Gasteiger partial charge >= 0.3 is 5.97 Å². The van der Waals surface area contributed by atoms with Crippen LogP contribution in [0, 0.1) is 0 Å². The Morgan fingerprint density at radius 1 is 0.848 bits per heavy atom.